The highest BCUT2D eigenvalue weighted by Crippen LogP contribution is 2.28. The van der Waals surface area contributed by atoms with Crippen molar-refractivity contribution in [1.29, 1.82) is 5.26 Å². The molecule has 0 unspecified atom stereocenters. The van der Waals surface area contributed by atoms with Gasteiger partial charge in [0.1, 0.15) is 0 Å². The summed E-state index contributed by atoms with van der Waals surface area (Å²) in [7, 11) is 4.01. The molecule has 7 nitrogen and oxygen atoms in total. The molecule has 0 aliphatic carbocycles. The van der Waals surface area contributed by atoms with E-state index in [1.54, 1.807) is 18.2 Å². The zero-order valence-corrected chi connectivity index (χ0v) is 16.1. The standard InChI is InChI=1S/C19H29N3O4/c1-5-24-16(9-10-22(3)4)13-21-19(23)14-26-17-8-7-15(12-20)11-18(17)25-6-2/h7-8,11,16H,5-6,9-10,13-14H2,1-4H3,(H,21,23)/t16-/m1/s1. The normalized spacial score (nSPS) is 11.7. The maximum atomic E-state index is 12.1. The molecule has 1 aromatic carbocycles. The number of nitrogens with one attached hydrogen (secondary N) is 1. The van der Waals surface area contributed by atoms with Gasteiger partial charge >= 0.3 is 0 Å². The maximum Gasteiger partial charge on any atom is 0.258 e. The molecule has 1 amide bonds. The molecule has 1 atom stereocenters. The second-order valence-electron chi connectivity index (χ2n) is 5.97. The van der Waals surface area contributed by atoms with Gasteiger partial charge in [-0.1, -0.05) is 0 Å². The van der Waals surface area contributed by atoms with Crippen LogP contribution >= 0.6 is 0 Å². The van der Waals surface area contributed by atoms with Crippen LogP contribution in [0.15, 0.2) is 18.2 Å². The van der Waals surface area contributed by atoms with E-state index in [0.717, 1.165) is 13.0 Å². The fourth-order valence-electron chi connectivity index (χ4n) is 2.27. The molecule has 1 aromatic rings. The first-order chi connectivity index (χ1) is 12.5. The zero-order chi connectivity index (χ0) is 19.4. The quantitative estimate of drug-likeness (QED) is 0.610. The predicted molar refractivity (Wildman–Crippen MR) is 99.4 cm³/mol. The minimum Gasteiger partial charge on any atom is -0.490 e. The van der Waals surface area contributed by atoms with Crippen LogP contribution in [0.25, 0.3) is 0 Å². The molecule has 0 aromatic heterocycles. The summed E-state index contributed by atoms with van der Waals surface area (Å²) >= 11 is 0. The minimum atomic E-state index is -0.230. The molecule has 0 aliphatic heterocycles. The Kier molecular flexibility index (Phi) is 10.1. The molecule has 0 bridgehead atoms. The van der Waals surface area contributed by atoms with Gasteiger partial charge in [-0.15, -0.1) is 0 Å². The van der Waals surface area contributed by atoms with E-state index in [4.69, 9.17) is 19.5 Å². The lowest BCUT2D eigenvalue weighted by atomic mass is 10.2. The molecule has 0 aliphatic rings. The Balaban J connectivity index is 2.51. The van der Waals surface area contributed by atoms with Crippen LogP contribution in [-0.4, -0.2) is 63.9 Å². The van der Waals surface area contributed by atoms with E-state index < -0.39 is 0 Å². The summed E-state index contributed by atoms with van der Waals surface area (Å²) in [5.41, 5.74) is 0.477. The molecule has 0 saturated heterocycles. The van der Waals surface area contributed by atoms with E-state index in [1.807, 2.05) is 27.9 Å². The highest BCUT2D eigenvalue weighted by Gasteiger charge is 2.13. The number of nitriles is 1. The van der Waals surface area contributed by atoms with E-state index >= 15 is 0 Å². The Morgan fingerprint density at radius 3 is 2.62 bits per heavy atom. The second-order valence-corrected chi connectivity index (χ2v) is 5.97. The third kappa shape index (κ3) is 8.19. The Hall–Kier alpha value is -2.30. The Morgan fingerprint density at radius 2 is 2.00 bits per heavy atom. The Bertz CT molecular complexity index is 599. The highest BCUT2D eigenvalue weighted by atomic mass is 16.5. The van der Waals surface area contributed by atoms with Gasteiger partial charge in [0.2, 0.25) is 0 Å². The minimum absolute atomic E-state index is 0.0275. The monoisotopic (exact) mass is 363 g/mol. The summed E-state index contributed by atoms with van der Waals surface area (Å²) in [6, 6.07) is 6.91. The smallest absolute Gasteiger partial charge is 0.258 e. The van der Waals surface area contributed by atoms with Crippen molar-refractivity contribution in [2.45, 2.75) is 26.4 Å². The van der Waals surface area contributed by atoms with Crippen LogP contribution in [-0.2, 0) is 9.53 Å². The second kappa shape index (κ2) is 12.1. The van der Waals surface area contributed by atoms with Gasteiger partial charge in [0.05, 0.1) is 24.3 Å². The number of carbonyl (C=O) groups is 1. The first-order valence-corrected chi connectivity index (χ1v) is 8.82. The molecule has 0 fully saturated rings. The maximum absolute atomic E-state index is 12.1. The van der Waals surface area contributed by atoms with Crippen LogP contribution in [0.3, 0.4) is 0 Å². The lowest BCUT2D eigenvalue weighted by molar-refractivity contribution is -0.123. The van der Waals surface area contributed by atoms with Crippen molar-refractivity contribution in [3.05, 3.63) is 23.8 Å². The van der Waals surface area contributed by atoms with Crippen molar-refractivity contribution in [2.75, 3.05) is 47.0 Å². The summed E-state index contributed by atoms with van der Waals surface area (Å²) in [6.45, 7) is 6.03. The fourth-order valence-corrected chi connectivity index (χ4v) is 2.27. The van der Waals surface area contributed by atoms with Gasteiger partial charge in [-0.3, -0.25) is 4.79 Å². The van der Waals surface area contributed by atoms with Gasteiger partial charge in [0.25, 0.3) is 5.91 Å². The third-order valence-electron chi connectivity index (χ3n) is 3.56. The van der Waals surface area contributed by atoms with Gasteiger partial charge in [-0.25, -0.2) is 0 Å². The van der Waals surface area contributed by atoms with E-state index in [2.05, 4.69) is 16.3 Å². The van der Waals surface area contributed by atoms with Crippen molar-refractivity contribution in [3.8, 4) is 17.6 Å². The van der Waals surface area contributed by atoms with E-state index in [-0.39, 0.29) is 18.6 Å². The molecule has 0 spiro atoms. The molecular weight excluding hydrogens is 334 g/mol. The Labute approximate surface area is 155 Å². The molecular formula is C19H29N3O4. The largest absolute Gasteiger partial charge is 0.490 e. The number of hydrogen-bond donors (Lipinski definition) is 1. The van der Waals surface area contributed by atoms with Crippen molar-refractivity contribution < 1.29 is 19.0 Å². The summed E-state index contributed by atoms with van der Waals surface area (Å²) in [6.07, 6.45) is 0.812. The molecule has 0 saturated carbocycles. The molecule has 1 rings (SSSR count). The SMILES string of the molecule is CCOc1cc(C#N)ccc1OCC(=O)NC[C@@H](CCN(C)C)OCC. The average Bonchev–Trinajstić information content (AvgIpc) is 2.63. The number of ether oxygens (including phenoxy) is 3. The van der Waals surface area contributed by atoms with Crippen LogP contribution in [0.2, 0.25) is 0 Å². The van der Waals surface area contributed by atoms with Crippen molar-refractivity contribution >= 4 is 5.91 Å². The lowest BCUT2D eigenvalue weighted by Gasteiger charge is -2.20. The molecule has 0 heterocycles. The van der Waals surface area contributed by atoms with Gasteiger partial charge in [-0.2, -0.15) is 5.26 Å². The first kappa shape index (κ1) is 21.7. The topological polar surface area (TPSA) is 83.8 Å². The van der Waals surface area contributed by atoms with Gasteiger partial charge in [-0.05, 0) is 46.5 Å². The first-order valence-electron chi connectivity index (χ1n) is 8.82. The fraction of sp³-hybridized carbons (Fsp3) is 0.579. The van der Waals surface area contributed by atoms with Gasteiger partial charge in [0.15, 0.2) is 18.1 Å². The van der Waals surface area contributed by atoms with Crippen LogP contribution in [0.4, 0.5) is 0 Å². The average molecular weight is 363 g/mol. The number of benzene rings is 1. The molecule has 7 heteroatoms. The summed E-state index contributed by atoms with van der Waals surface area (Å²) in [5.74, 6) is 0.666. The number of amides is 1. The number of rotatable bonds is 12. The van der Waals surface area contributed by atoms with Crippen LogP contribution < -0.4 is 14.8 Å². The van der Waals surface area contributed by atoms with Crippen LogP contribution in [0.1, 0.15) is 25.8 Å². The van der Waals surface area contributed by atoms with Crippen molar-refractivity contribution in [2.24, 2.45) is 0 Å². The summed E-state index contributed by atoms with van der Waals surface area (Å²) < 4.78 is 16.7. The number of nitrogens with zero attached hydrogens (tertiary/aromatic N) is 2. The van der Waals surface area contributed by atoms with Crippen LogP contribution in [0, 0.1) is 11.3 Å². The molecule has 144 valence electrons. The van der Waals surface area contributed by atoms with Gasteiger partial charge in [0, 0.05) is 25.8 Å². The number of carbonyl (C=O) groups excluding carboxylic acids is 1. The predicted octanol–water partition coefficient (Wildman–Crippen LogP) is 1.81. The lowest BCUT2D eigenvalue weighted by Crippen LogP contribution is -2.37. The van der Waals surface area contributed by atoms with E-state index in [9.17, 15) is 4.79 Å². The number of hydrogen-bond acceptors (Lipinski definition) is 6. The highest BCUT2D eigenvalue weighted by molar-refractivity contribution is 5.77. The zero-order valence-electron chi connectivity index (χ0n) is 16.1. The summed E-state index contributed by atoms with van der Waals surface area (Å²) in [5, 5.41) is 11.8. The van der Waals surface area contributed by atoms with Crippen molar-refractivity contribution in [3.63, 3.8) is 0 Å². The van der Waals surface area contributed by atoms with Crippen molar-refractivity contribution in [1.82, 2.24) is 10.2 Å². The molecule has 1 N–H and O–H groups in total. The van der Waals surface area contributed by atoms with Gasteiger partial charge < -0.3 is 24.4 Å². The summed E-state index contributed by atoms with van der Waals surface area (Å²) in [4.78, 5) is 14.1. The van der Waals surface area contributed by atoms with E-state index in [1.165, 1.54) is 0 Å². The molecule has 0 radical (unpaired) electrons. The van der Waals surface area contributed by atoms with E-state index in [0.29, 0.717) is 36.8 Å². The van der Waals surface area contributed by atoms with Crippen LogP contribution in [0.5, 0.6) is 11.5 Å². The Morgan fingerprint density at radius 1 is 1.23 bits per heavy atom. The third-order valence-corrected chi connectivity index (χ3v) is 3.56. The molecule has 26 heavy (non-hydrogen) atoms.